The molecule has 0 fully saturated rings. The summed E-state index contributed by atoms with van der Waals surface area (Å²) in [6, 6.07) is 21.4. The van der Waals surface area contributed by atoms with Gasteiger partial charge in [-0.3, -0.25) is 14.5 Å². The second-order valence-electron chi connectivity index (χ2n) is 6.78. The van der Waals surface area contributed by atoms with Gasteiger partial charge in [-0.1, -0.05) is 29.8 Å². The van der Waals surface area contributed by atoms with Gasteiger partial charge in [-0.05, 0) is 61.5 Å². The van der Waals surface area contributed by atoms with Crippen molar-refractivity contribution in [2.45, 2.75) is 13.0 Å². The van der Waals surface area contributed by atoms with Crippen molar-refractivity contribution in [1.29, 1.82) is 0 Å². The van der Waals surface area contributed by atoms with Crippen LogP contribution < -0.4 is 19.7 Å². The zero-order valence-corrected chi connectivity index (χ0v) is 16.9. The van der Waals surface area contributed by atoms with Crippen LogP contribution in [0.25, 0.3) is 0 Å². The molecule has 1 aliphatic rings. The first-order valence-corrected chi connectivity index (χ1v) is 9.78. The molecule has 0 saturated heterocycles. The molecule has 0 radical (unpaired) electrons. The van der Waals surface area contributed by atoms with E-state index in [1.807, 2.05) is 30.3 Å². The molecule has 30 heavy (non-hydrogen) atoms. The molecule has 1 aliphatic heterocycles. The predicted molar refractivity (Wildman–Crippen MR) is 115 cm³/mol. The van der Waals surface area contributed by atoms with Crippen molar-refractivity contribution in [2.24, 2.45) is 0 Å². The molecule has 0 spiro atoms. The zero-order valence-electron chi connectivity index (χ0n) is 16.2. The van der Waals surface area contributed by atoms with E-state index >= 15 is 0 Å². The van der Waals surface area contributed by atoms with Crippen molar-refractivity contribution in [1.82, 2.24) is 0 Å². The lowest BCUT2D eigenvalue weighted by atomic mass is 10.2. The molecule has 0 bridgehead atoms. The first-order chi connectivity index (χ1) is 14.5. The lowest BCUT2D eigenvalue weighted by molar-refractivity contribution is -0.127. The number of fused-ring (bicyclic) bond motifs is 1. The quantitative estimate of drug-likeness (QED) is 0.636. The highest BCUT2D eigenvalue weighted by atomic mass is 35.5. The monoisotopic (exact) mass is 422 g/mol. The van der Waals surface area contributed by atoms with Crippen LogP contribution in [0.5, 0.6) is 17.2 Å². The Morgan fingerprint density at radius 1 is 1.07 bits per heavy atom. The van der Waals surface area contributed by atoms with E-state index < -0.39 is 6.10 Å². The van der Waals surface area contributed by atoms with Gasteiger partial charge in [0.1, 0.15) is 23.8 Å². The standard InChI is InChI=1S/C23H19ClN2O4/c1-15-23(28)26(20-13-16(24)7-12-21(20)29-15)14-22(27)25-17-8-10-19(11-9-17)30-18-5-3-2-4-6-18/h2-13,15H,14H2,1H3,(H,25,27). The third-order valence-corrected chi connectivity index (χ3v) is 4.78. The van der Waals surface area contributed by atoms with Crippen LogP contribution in [-0.2, 0) is 9.59 Å². The molecule has 1 unspecified atom stereocenters. The molecule has 1 heterocycles. The van der Waals surface area contributed by atoms with Crippen molar-refractivity contribution in [3.8, 4) is 17.2 Å². The van der Waals surface area contributed by atoms with Gasteiger partial charge in [-0.15, -0.1) is 0 Å². The maximum Gasteiger partial charge on any atom is 0.268 e. The molecule has 0 aromatic heterocycles. The van der Waals surface area contributed by atoms with Gasteiger partial charge in [-0.25, -0.2) is 0 Å². The van der Waals surface area contributed by atoms with Crippen molar-refractivity contribution in [3.05, 3.63) is 77.8 Å². The molecule has 6 nitrogen and oxygen atoms in total. The number of hydrogen-bond donors (Lipinski definition) is 1. The number of rotatable bonds is 5. The summed E-state index contributed by atoms with van der Waals surface area (Å²) in [6.45, 7) is 1.50. The number of nitrogens with zero attached hydrogens (tertiary/aromatic N) is 1. The third-order valence-electron chi connectivity index (χ3n) is 4.55. The number of carbonyl (C=O) groups is 2. The first-order valence-electron chi connectivity index (χ1n) is 9.40. The van der Waals surface area contributed by atoms with Crippen molar-refractivity contribution >= 4 is 34.8 Å². The number of benzene rings is 3. The summed E-state index contributed by atoms with van der Waals surface area (Å²) in [5, 5.41) is 3.26. The molecule has 152 valence electrons. The molecular weight excluding hydrogens is 404 g/mol. The van der Waals surface area contributed by atoms with E-state index in [9.17, 15) is 9.59 Å². The summed E-state index contributed by atoms with van der Waals surface area (Å²) in [5.74, 6) is 1.26. The Morgan fingerprint density at radius 2 is 1.77 bits per heavy atom. The molecule has 3 aromatic rings. The summed E-state index contributed by atoms with van der Waals surface area (Å²) in [6.07, 6.45) is -0.680. The molecular formula is C23H19ClN2O4. The number of halogens is 1. The number of hydrogen-bond acceptors (Lipinski definition) is 4. The highest BCUT2D eigenvalue weighted by Crippen LogP contribution is 2.36. The largest absolute Gasteiger partial charge is 0.479 e. The van der Waals surface area contributed by atoms with Gasteiger partial charge in [-0.2, -0.15) is 0 Å². The van der Waals surface area contributed by atoms with Crippen molar-refractivity contribution in [2.75, 3.05) is 16.8 Å². The summed E-state index contributed by atoms with van der Waals surface area (Å²) in [7, 11) is 0. The van der Waals surface area contributed by atoms with Gasteiger partial charge in [0, 0.05) is 10.7 Å². The maximum absolute atomic E-state index is 12.6. The molecule has 3 aromatic carbocycles. The van der Waals surface area contributed by atoms with Gasteiger partial charge in [0.05, 0.1) is 5.69 Å². The van der Waals surface area contributed by atoms with E-state index in [-0.39, 0.29) is 18.4 Å². The van der Waals surface area contributed by atoms with Crippen LogP contribution in [0.2, 0.25) is 5.02 Å². The minimum Gasteiger partial charge on any atom is -0.479 e. The normalized spacial score (nSPS) is 15.2. The van der Waals surface area contributed by atoms with Crippen LogP contribution >= 0.6 is 11.6 Å². The molecule has 7 heteroatoms. The highest BCUT2D eigenvalue weighted by molar-refractivity contribution is 6.31. The van der Waals surface area contributed by atoms with E-state index in [2.05, 4.69) is 5.32 Å². The SMILES string of the molecule is CC1Oc2ccc(Cl)cc2N(CC(=O)Nc2ccc(Oc3ccccc3)cc2)C1=O. The molecule has 1 N–H and O–H groups in total. The summed E-state index contributed by atoms with van der Waals surface area (Å²) in [5.41, 5.74) is 1.08. The number of anilines is 2. The second kappa shape index (κ2) is 8.47. The Labute approximate surface area is 179 Å². The average molecular weight is 423 g/mol. The van der Waals surface area contributed by atoms with Crippen LogP contribution in [-0.4, -0.2) is 24.5 Å². The first kappa shape index (κ1) is 19.8. The maximum atomic E-state index is 12.6. The fourth-order valence-corrected chi connectivity index (χ4v) is 3.28. The minimum absolute atomic E-state index is 0.151. The summed E-state index contributed by atoms with van der Waals surface area (Å²) < 4.78 is 11.3. The van der Waals surface area contributed by atoms with E-state index in [0.29, 0.717) is 27.9 Å². The topological polar surface area (TPSA) is 67.9 Å². The fraction of sp³-hybridized carbons (Fsp3) is 0.130. The van der Waals surface area contributed by atoms with E-state index in [4.69, 9.17) is 21.1 Å². The van der Waals surface area contributed by atoms with Gasteiger partial charge < -0.3 is 14.8 Å². The third kappa shape index (κ3) is 4.39. The lowest BCUT2D eigenvalue weighted by Gasteiger charge is -2.32. The Hall–Kier alpha value is -3.51. The highest BCUT2D eigenvalue weighted by Gasteiger charge is 2.32. The van der Waals surface area contributed by atoms with Gasteiger partial charge in [0.2, 0.25) is 5.91 Å². The lowest BCUT2D eigenvalue weighted by Crippen LogP contribution is -2.47. The van der Waals surface area contributed by atoms with Crippen LogP contribution in [0, 0.1) is 0 Å². The van der Waals surface area contributed by atoms with Gasteiger partial charge >= 0.3 is 0 Å². The number of carbonyl (C=O) groups excluding carboxylic acids is 2. The Kier molecular flexibility index (Phi) is 5.59. The zero-order chi connectivity index (χ0) is 21.1. The minimum atomic E-state index is -0.680. The van der Waals surface area contributed by atoms with E-state index in [0.717, 1.165) is 5.75 Å². The van der Waals surface area contributed by atoms with Crippen LogP contribution in [0.1, 0.15) is 6.92 Å². The van der Waals surface area contributed by atoms with Gasteiger partial charge in [0.15, 0.2) is 6.10 Å². The van der Waals surface area contributed by atoms with Crippen LogP contribution in [0.4, 0.5) is 11.4 Å². The molecule has 0 saturated carbocycles. The molecule has 4 rings (SSSR count). The smallest absolute Gasteiger partial charge is 0.268 e. The van der Waals surface area contributed by atoms with E-state index in [1.165, 1.54) is 4.90 Å². The molecule has 2 amide bonds. The molecule has 0 aliphatic carbocycles. The van der Waals surface area contributed by atoms with E-state index in [1.54, 1.807) is 49.4 Å². The second-order valence-corrected chi connectivity index (χ2v) is 7.22. The van der Waals surface area contributed by atoms with Crippen molar-refractivity contribution in [3.63, 3.8) is 0 Å². The number of ether oxygens (including phenoxy) is 2. The number of para-hydroxylation sites is 1. The predicted octanol–water partition coefficient (Wildman–Crippen LogP) is 4.88. The van der Waals surface area contributed by atoms with Crippen LogP contribution in [0.15, 0.2) is 72.8 Å². The Balaban J connectivity index is 1.43. The average Bonchev–Trinajstić information content (AvgIpc) is 2.74. The summed E-state index contributed by atoms with van der Waals surface area (Å²) >= 11 is 6.06. The Morgan fingerprint density at radius 3 is 2.50 bits per heavy atom. The van der Waals surface area contributed by atoms with Crippen LogP contribution in [0.3, 0.4) is 0 Å². The van der Waals surface area contributed by atoms with Gasteiger partial charge in [0.25, 0.3) is 5.91 Å². The summed E-state index contributed by atoms with van der Waals surface area (Å²) in [4.78, 5) is 26.5. The molecule has 1 atom stereocenters. The Bertz CT molecular complexity index is 1070. The van der Waals surface area contributed by atoms with Crippen molar-refractivity contribution < 1.29 is 19.1 Å². The number of nitrogens with one attached hydrogen (secondary N) is 1. The fourth-order valence-electron chi connectivity index (χ4n) is 3.12. The number of amides is 2.